The largest absolute Gasteiger partial charge is 0.496 e. The second kappa shape index (κ2) is 17.8. The zero-order chi connectivity index (χ0) is 50.4. The molecule has 0 atom stereocenters. The van der Waals surface area contributed by atoms with Gasteiger partial charge in [-0.25, -0.2) is 0 Å². The van der Waals surface area contributed by atoms with Gasteiger partial charge in [0.1, 0.15) is 60.9 Å². The smallest absolute Gasteiger partial charge is 0.132 e. The molecule has 76 heavy (non-hydrogen) atoms. The third kappa shape index (κ3) is 7.15. The molecule has 10 aromatic rings. The van der Waals surface area contributed by atoms with Crippen molar-refractivity contribution in [2.45, 2.75) is 50.1 Å². The van der Waals surface area contributed by atoms with Crippen LogP contribution in [0.5, 0.6) is 34.5 Å². The van der Waals surface area contributed by atoms with E-state index in [0.29, 0.717) is 26.4 Å². The highest BCUT2D eigenvalue weighted by Gasteiger charge is 2.43. The molecule has 0 spiro atoms. The Bertz CT molecular complexity index is 3540. The summed E-state index contributed by atoms with van der Waals surface area (Å²) >= 11 is 0. The lowest BCUT2D eigenvalue weighted by atomic mass is 9.61. The first kappa shape index (κ1) is 44.5. The second-order valence-electron chi connectivity index (χ2n) is 20.7. The predicted octanol–water partition coefficient (Wildman–Crippen LogP) is 15.6. The Kier molecular flexibility index (Phi) is 10.4. The minimum Gasteiger partial charge on any atom is -0.496 e. The van der Waals surface area contributed by atoms with Gasteiger partial charge in [-0.3, -0.25) is 0 Å². The number of hydrogen-bond acceptors (Lipinski definition) is 6. The monoisotopic (exact) mass is 988 g/mol. The van der Waals surface area contributed by atoms with E-state index >= 15 is 0 Å². The van der Waals surface area contributed by atoms with Gasteiger partial charge in [-0.15, -0.1) is 0 Å². The fraction of sp³-hybridized carbons (Fsp3) is 0.143. The van der Waals surface area contributed by atoms with E-state index in [1.54, 1.807) is 14.2 Å². The Balaban J connectivity index is 0.869. The van der Waals surface area contributed by atoms with Crippen molar-refractivity contribution < 1.29 is 28.4 Å². The van der Waals surface area contributed by atoms with Gasteiger partial charge in [0.25, 0.3) is 0 Å². The van der Waals surface area contributed by atoms with E-state index < -0.39 is 0 Å². The van der Waals surface area contributed by atoms with E-state index in [4.69, 9.17) is 28.4 Å². The van der Waals surface area contributed by atoms with E-state index in [2.05, 4.69) is 206 Å². The van der Waals surface area contributed by atoms with Gasteiger partial charge in [-0.05, 0) is 162 Å². The van der Waals surface area contributed by atoms with Crippen LogP contribution in [0.3, 0.4) is 0 Å². The van der Waals surface area contributed by atoms with Gasteiger partial charge in [0.15, 0.2) is 0 Å². The topological polar surface area (TPSA) is 55.4 Å². The molecule has 16 bridgehead atoms. The summed E-state index contributed by atoms with van der Waals surface area (Å²) in [5.41, 5.74) is 23.7. The molecule has 6 heteroatoms. The highest BCUT2D eigenvalue weighted by Crippen LogP contribution is 2.58. The van der Waals surface area contributed by atoms with Crippen LogP contribution in [-0.4, -0.2) is 14.2 Å². The molecule has 0 aromatic heterocycles. The standard InChI is InChI=1S/C70H52O6/c1-71-69-45-29-43(41-13-5-3-6-14-41)30-46(69)38-74-50-22-26-58-62(34-50)68-56-20-12-10-18-54(56)66(58)60-28-24-52(36-64(60)68)76-40-48-32-44(42-15-7-4-8-16-42)31-47(70(48)72-2)39-75-51-23-27-59-63(35-51)67-55-19-11-9-17-53(55)65(59)57-25-21-49(73-37-45)33-61(57)67/h3-36,65-68H,37-40H2,1-2H3. The molecule has 1 aliphatic heterocycles. The molecule has 10 aromatic carbocycles. The van der Waals surface area contributed by atoms with Gasteiger partial charge in [0.05, 0.1) is 14.2 Å². The van der Waals surface area contributed by atoms with Crippen molar-refractivity contribution in [1.29, 1.82) is 0 Å². The van der Waals surface area contributed by atoms with Crippen molar-refractivity contribution in [2.24, 2.45) is 0 Å². The fourth-order valence-electron chi connectivity index (χ4n) is 13.4. The van der Waals surface area contributed by atoms with Gasteiger partial charge in [0.2, 0.25) is 0 Å². The van der Waals surface area contributed by atoms with Crippen molar-refractivity contribution in [3.05, 3.63) is 295 Å². The van der Waals surface area contributed by atoms with Crippen molar-refractivity contribution >= 4 is 0 Å². The summed E-state index contributed by atoms with van der Waals surface area (Å²) in [7, 11) is 3.49. The van der Waals surface area contributed by atoms with Gasteiger partial charge < -0.3 is 28.4 Å². The zero-order valence-electron chi connectivity index (χ0n) is 42.2. The van der Waals surface area contributed by atoms with Gasteiger partial charge >= 0.3 is 0 Å². The number of fused-ring (bicyclic) bond motifs is 8. The highest BCUT2D eigenvalue weighted by molar-refractivity contribution is 5.73. The molecule has 0 saturated heterocycles. The van der Waals surface area contributed by atoms with Crippen LogP contribution in [0.2, 0.25) is 0 Å². The molecule has 0 amide bonds. The van der Waals surface area contributed by atoms with Crippen LogP contribution < -0.4 is 28.4 Å². The van der Waals surface area contributed by atoms with Gasteiger partial charge in [0, 0.05) is 45.9 Å². The van der Waals surface area contributed by atoms with Crippen molar-refractivity contribution in [3.63, 3.8) is 0 Å². The maximum absolute atomic E-state index is 6.87. The summed E-state index contributed by atoms with van der Waals surface area (Å²) < 4.78 is 40.1. The molecule has 0 N–H and O–H groups in total. The van der Waals surface area contributed by atoms with Crippen LogP contribution in [-0.2, 0) is 26.4 Å². The first-order valence-electron chi connectivity index (χ1n) is 26.3. The Labute approximate surface area is 442 Å². The number of methoxy groups -OCH3 is 2. The number of benzene rings is 10. The third-order valence-electron chi connectivity index (χ3n) is 16.6. The summed E-state index contributed by atoms with van der Waals surface area (Å²) in [5.74, 6) is 4.91. The minimum absolute atomic E-state index is 0.000966. The first-order chi connectivity index (χ1) is 37.6. The number of hydrogen-bond donors (Lipinski definition) is 0. The fourth-order valence-corrected chi connectivity index (χ4v) is 13.4. The normalized spacial score (nSPS) is 17.8. The third-order valence-corrected chi connectivity index (χ3v) is 16.6. The van der Waals surface area contributed by atoms with Crippen LogP contribution in [0.1, 0.15) is 113 Å². The molecule has 6 nitrogen and oxygen atoms in total. The molecule has 0 saturated carbocycles. The van der Waals surface area contributed by atoms with E-state index in [1.165, 1.54) is 66.8 Å². The summed E-state index contributed by atoms with van der Waals surface area (Å²) in [5, 5.41) is 0. The molecule has 368 valence electrons. The Morgan fingerprint density at radius 1 is 0.263 bits per heavy atom. The lowest BCUT2D eigenvalue weighted by molar-refractivity contribution is 0.282. The van der Waals surface area contributed by atoms with Crippen molar-refractivity contribution in [1.82, 2.24) is 0 Å². The molecular formula is C70H52O6. The van der Waals surface area contributed by atoms with Crippen LogP contribution in [0.25, 0.3) is 22.3 Å². The Hall–Kier alpha value is -9.00. The molecule has 0 fully saturated rings. The van der Waals surface area contributed by atoms with Gasteiger partial charge in [-0.2, -0.15) is 0 Å². The lowest BCUT2D eigenvalue weighted by Gasteiger charge is -2.42. The van der Waals surface area contributed by atoms with E-state index in [1.807, 2.05) is 0 Å². The van der Waals surface area contributed by atoms with E-state index in [9.17, 15) is 0 Å². The molecule has 17 rings (SSSR count). The summed E-state index contributed by atoms with van der Waals surface area (Å²) in [4.78, 5) is 0. The molecule has 7 aliphatic rings. The number of ether oxygens (including phenoxy) is 6. The van der Waals surface area contributed by atoms with Crippen LogP contribution in [0.15, 0.2) is 206 Å². The Morgan fingerprint density at radius 3 is 0.789 bits per heavy atom. The second-order valence-corrected chi connectivity index (χ2v) is 20.7. The maximum atomic E-state index is 6.87. The van der Waals surface area contributed by atoms with Crippen molar-refractivity contribution in [2.75, 3.05) is 14.2 Å². The molecular weight excluding hydrogens is 937 g/mol. The van der Waals surface area contributed by atoms with Crippen molar-refractivity contribution in [3.8, 4) is 56.8 Å². The molecule has 0 unspecified atom stereocenters. The quantitative estimate of drug-likeness (QED) is 0.175. The van der Waals surface area contributed by atoms with Crippen LogP contribution in [0.4, 0.5) is 0 Å². The Morgan fingerprint density at radius 2 is 0.513 bits per heavy atom. The number of rotatable bonds is 4. The first-order valence-corrected chi connectivity index (χ1v) is 26.3. The maximum Gasteiger partial charge on any atom is 0.132 e. The molecule has 1 heterocycles. The average Bonchev–Trinajstić information content (AvgIpc) is 3.51. The minimum atomic E-state index is -0.000966. The summed E-state index contributed by atoms with van der Waals surface area (Å²) in [6.45, 7) is 1.21. The average molecular weight is 989 g/mol. The highest BCUT2D eigenvalue weighted by atomic mass is 16.5. The van der Waals surface area contributed by atoms with Gasteiger partial charge in [-0.1, -0.05) is 133 Å². The van der Waals surface area contributed by atoms with Crippen LogP contribution in [0, 0.1) is 0 Å². The van der Waals surface area contributed by atoms with Crippen LogP contribution >= 0.6 is 0 Å². The SMILES string of the molecule is COc1c2cc(-c3ccccc3)cc1COc1ccc3c(c1)C1c4ccccc4C3c3ccc(cc31)OCc1cc(-c3ccccc3)cc(c1OC)COc1ccc3c(c1)C1c4ccccc4C3c3ccc(cc31)OC2. The summed E-state index contributed by atoms with van der Waals surface area (Å²) in [6, 6.07) is 74.2. The lowest BCUT2D eigenvalue weighted by Crippen LogP contribution is -2.27. The van der Waals surface area contributed by atoms with E-state index in [-0.39, 0.29) is 23.7 Å². The summed E-state index contributed by atoms with van der Waals surface area (Å²) in [6.07, 6.45) is 0. The van der Waals surface area contributed by atoms with E-state index in [0.717, 1.165) is 79.0 Å². The molecule has 0 radical (unpaired) electrons. The molecule has 6 aliphatic carbocycles. The predicted molar refractivity (Wildman–Crippen MR) is 297 cm³/mol. The zero-order valence-corrected chi connectivity index (χ0v) is 42.2.